The number of aromatic nitrogens is 1. The van der Waals surface area contributed by atoms with E-state index in [1.54, 1.807) is 7.11 Å². The predicted octanol–water partition coefficient (Wildman–Crippen LogP) is 5.44. The van der Waals surface area contributed by atoms with E-state index in [9.17, 15) is 5.11 Å². The van der Waals surface area contributed by atoms with Crippen molar-refractivity contribution in [2.24, 2.45) is 0 Å². The second-order valence-corrected chi connectivity index (χ2v) is 9.37. The van der Waals surface area contributed by atoms with E-state index in [4.69, 9.17) is 21.1 Å². The maximum absolute atomic E-state index is 11.2. The minimum atomic E-state index is -0.779. The topological polar surface area (TPSA) is 54.8 Å². The number of hydrogen-bond acceptors (Lipinski definition) is 5. The van der Waals surface area contributed by atoms with Gasteiger partial charge in [-0.1, -0.05) is 35.9 Å². The van der Waals surface area contributed by atoms with Gasteiger partial charge in [-0.3, -0.25) is 4.98 Å². The Bertz CT molecular complexity index is 1180. The Kier molecular flexibility index (Phi) is 6.59. The molecule has 0 bridgehead atoms. The molecule has 0 radical (unpaired) electrons. The molecular weight excluding hydrogens is 448 g/mol. The third kappa shape index (κ3) is 4.69. The molecule has 5 rings (SSSR count). The molecule has 0 unspecified atom stereocenters. The molecule has 1 saturated heterocycles. The van der Waals surface area contributed by atoms with Gasteiger partial charge in [0.2, 0.25) is 0 Å². The third-order valence-electron chi connectivity index (χ3n) is 6.88. The molecule has 0 atom stereocenters. The molecule has 176 valence electrons. The molecule has 2 aliphatic heterocycles. The van der Waals surface area contributed by atoms with E-state index in [1.807, 2.05) is 54.7 Å². The quantitative estimate of drug-likeness (QED) is 0.531. The van der Waals surface area contributed by atoms with E-state index in [2.05, 4.69) is 22.0 Å². The number of nitrogens with zero attached hydrogens (tertiary/aromatic N) is 2. The predicted molar refractivity (Wildman–Crippen MR) is 134 cm³/mol. The maximum Gasteiger partial charge on any atom is 0.131 e. The van der Waals surface area contributed by atoms with Gasteiger partial charge in [-0.2, -0.15) is 0 Å². The molecule has 6 heteroatoms. The van der Waals surface area contributed by atoms with Crippen LogP contribution < -0.4 is 9.47 Å². The summed E-state index contributed by atoms with van der Waals surface area (Å²) in [6.07, 6.45) is 6.41. The van der Waals surface area contributed by atoms with Crippen molar-refractivity contribution in [1.29, 1.82) is 0 Å². The number of hydrogen-bond donors (Lipinski definition) is 1. The van der Waals surface area contributed by atoms with Gasteiger partial charge in [-0.25, -0.2) is 0 Å². The van der Waals surface area contributed by atoms with Gasteiger partial charge in [-0.15, -0.1) is 0 Å². The first-order chi connectivity index (χ1) is 16.6. The lowest BCUT2D eigenvalue weighted by Gasteiger charge is -2.38. The number of rotatable bonds is 5. The average Bonchev–Trinajstić information content (AvgIpc) is 3.02. The molecule has 34 heavy (non-hydrogen) atoms. The molecule has 3 heterocycles. The molecule has 3 aromatic rings. The first-order valence-electron chi connectivity index (χ1n) is 11.7. The molecule has 2 aliphatic rings. The number of piperidine rings is 1. The first kappa shape index (κ1) is 22.9. The number of aliphatic hydroxyl groups is 1. The van der Waals surface area contributed by atoms with Gasteiger partial charge in [0, 0.05) is 42.0 Å². The Morgan fingerprint density at radius 2 is 1.91 bits per heavy atom. The van der Waals surface area contributed by atoms with Crippen LogP contribution in [0.5, 0.6) is 11.5 Å². The van der Waals surface area contributed by atoms with Gasteiger partial charge < -0.3 is 19.5 Å². The highest BCUT2D eigenvalue weighted by atomic mass is 35.5. The van der Waals surface area contributed by atoms with Crippen molar-refractivity contribution >= 4 is 17.2 Å². The van der Waals surface area contributed by atoms with Gasteiger partial charge >= 0.3 is 0 Å². The van der Waals surface area contributed by atoms with Crippen LogP contribution in [0.1, 0.15) is 41.6 Å². The molecule has 0 aliphatic carbocycles. The minimum Gasteiger partial charge on any atom is -0.497 e. The lowest BCUT2D eigenvalue weighted by Crippen LogP contribution is -2.42. The van der Waals surface area contributed by atoms with Gasteiger partial charge in [0.1, 0.15) is 18.1 Å². The van der Waals surface area contributed by atoms with E-state index in [0.717, 1.165) is 65.5 Å². The van der Waals surface area contributed by atoms with Crippen LogP contribution in [-0.2, 0) is 12.2 Å². The molecule has 1 fully saturated rings. The Hall–Kier alpha value is -2.86. The fourth-order valence-corrected chi connectivity index (χ4v) is 4.99. The molecule has 2 aromatic carbocycles. The lowest BCUT2D eigenvalue weighted by atomic mass is 9.84. The van der Waals surface area contributed by atoms with Crippen molar-refractivity contribution in [3.8, 4) is 11.5 Å². The highest BCUT2D eigenvalue weighted by molar-refractivity contribution is 6.30. The molecular formula is C28H29ClN2O3. The summed E-state index contributed by atoms with van der Waals surface area (Å²) in [6, 6.07) is 17.6. The van der Waals surface area contributed by atoms with Crippen molar-refractivity contribution in [3.63, 3.8) is 0 Å². The number of halogens is 1. The zero-order valence-electron chi connectivity index (χ0n) is 19.3. The van der Waals surface area contributed by atoms with Crippen molar-refractivity contribution in [2.45, 2.75) is 31.5 Å². The van der Waals surface area contributed by atoms with Gasteiger partial charge in [0.15, 0.2) is 0 Å². The second kappa shape index (κ2) is 9.79. The average molecular weight is 477 g/mol. The van der Waals surface area contributed by atoms with Crippen molar-refractivity contribution < 1.29 is 14.6 Å². The fourth-order valence-electron chi connectivity index (χ4n) is 4.87. The monoisotopic (exact) mass is 476 g/mol. The van der Waals surface area contributed by atoms with Crippen LogP contribution >= 0.6 is 11.6 Å². The summed E-state index contributed by atoms with van der Waals surface area (Å²) in [5.41, 5.74) is 4.37. The van der Waals surface area contributed by atoms with Crippen molar-refractivity contribution in [1.82, 2.24) is 9.88 Å². The third-order valence-corrected chi connectivity index (χ3v) is 7.13. The smallest absolute Gasteiger partial charge is 0.131 e. The molecule has 0 spiro atoms. The zero-order chi connectivity index (χ0) is 23.5. The minimum absolute atomic E-state index is 0.447. The number of ether oxygens (including phenoxy) is 2. The number of likely N-dealkylation sites (tertiary alicyclic amines) is 1. The Morgan fingerprint density at radius 3 is 2.68 bits per heavy atom. The highest BCUT2D eigenvalue weighted by Gasteiger charge is 2.33. The van der Waals surface area contributed by atoms with Crippen LogP contribution in [0.2, 0.25) is 5.02 Å². The zero-order valence-corrected chi connectivity index (χ0v) is 20.1. The van der Waals surface area contributed by atoms with E-state index in [1.165, 1.54) is 0 Å². The summed E-state index contributed by atoms with van der Waals surface area (Å²) in [5.74, 6) is 1.65. The van der Waals surface area contributed by atoms with Gasteiger partial charge in [-0.05, 0) is 66.8 Å². The van der Waals surface area contributed by atoms with E-state index in [-0.39, 0.29) is 0 Å². The normalized spacial score (nSPS) is 18.5. The van der Waals surface area contributed by atoms with E-state index in [0.29, 0.717) is 24.5 Å². The lowest BCUT2D eigenvalue weighted by molar-refractivity contribution is -0.0254. The Balaban J connectivity index is 1.31. The number of pyridine rings is 1. The summed E-state index contributed by atoms with van der Waals surface area (Å²) in [6.45, 7) is 3.08. The van der Waals surface area contributed by atoms with Crippen molar-refractivity contribution in [3.05, 3.63) is 94.3 Å². The SMILES string of the molecule is COc1ccc2c(c1)/C(=C/CCN1CCC(O)(c3ccc(Cl)cc3)CC1)c1cccnc1CO2. The van der Waals surface area contributed by atoms with Gasteiger partial charge in [0.25, 0.3) is 0 Å². The van der Waals surface area contributed by atoms with Crippen LogP contribution in [0.4, 0.5) is 0 Å². The van der Waals surface area contributed by atoms with Crippen LogP contribution in [0.3, 0.4) is 0 Å². The summed E-state index contributed by atoms with van der Waals surface area (Å²) >= 11 is 6.02. The number of methoxy groups -OCH3 is 1. The standard InChI is InChI=1S/C28H29ClN2O3/c1-33-22-10-11-27-25(18-22)23(24-4-2-14-30-26(24)19-34-27)5-3-15-31-16-12-28(32,13-17-31)20-6-8-21(29)9-7-20/h2,4-11,14,18,32H,3,12-13,15-17,19H2,1H3/b23-5+. The van der Waals surface area contributed by atoms with Crippen LogP contribution in [0.25, 0.3) is 5.57 Å². The van der Waals surface area contributed by atoms with E-state index < -0.39 is 5.60 Å². The molecule has 1 N–H and O–H groups in total. The Morgan fingerprint density at radius 1 is 1.12 bits per heavy atom. The summed E-state index contributed by atoms with van der Waals surface area (Å²) < 4.78 is 11.5. The van der Waals surface area contributed by atoms with Crippen LogP contribution in [-0.4, -0.2) is 41.7 Å². The van der Waals surface area contributed by atoms with Crippen LogP contribution in [0, 0.1) is 0 Å². The Labute approximate surface area is 205 Å². The number of fused-ring (bicyclic) bond motifs is 2. The maximum atomic E-state index is 11.2. The summed E-state index contributed by atoms with van der Waals surface area (Å²) in [5, 5.41) is 11.9. The largest absolute Gasteiger partial charge is 0.497 e. The van der Waals surface area contributed by atoms with Crippen molar-refractivity contribution in [2.75, 3.05) is 26.7 Å². The molecule has 5 nitrogen and oxygen atoms in total. The fraction of sp³-hybridized carbons (Fsp3) is 0.321. The molecule has 0 saturated carbocycles. The second-order valence-electron chi connectivity index (χ2n) is 8.94. The summed E-state index contributed by atoms with van der Waals surface area (Å²) in [4.78, 5) is 6.98. The van der Waals surface area contributed by atoms with Crippen LogP contribution in [0.15, 0.2) is 66.9 Å². The number of benzene rings is 2. The van der Waals surface area contributed by atoms with Gasteiger partial charge in [0.05, 0.1) is 18.4 Å². The highest BCUT2D eigenvalue weighted by Crippen LogP contribution is 2.38. The first-order valence-corrected chi connectivity index (χ1v) is 12.1. The molecule has 1 aromatic heterocycles. The molecule has 0 amide bonds. The summed E-state index contributed by atoms with van der Waals surface area (Å²) in [7, 11) is 1.68. The van der Waals surface area contributed by atoms with E-state index >= 15 is 0 Å².